The van der Waals surface area contributed by atoms with Gasteiger partial charge < -0.3 is 9.47 Å². The first-order valence-corrected chi connectivity index (χ1v) is 10.3. The lowest BCUT2D eigenvalue weighted by Gasteiger charge is -2.40. The van der Waals surface area contributed by atoms with Crippen LogP contribution in [0.25, 0.3) is 5.69 Å². The molecule has 1 aliphatic heterocycles. The summed E-state index contributed by atoms with van der Waals surface area (Å²) < 4.78 is 13.3. The summed E-state index contributed by atoms with van der Waals surface area (Å²) in [6.45, 7) is 7.72. The Hall–Kier alpha value is -0.570. The zero-order valence-corrected chi connectivity index (χ0v) is 20.0. The molecule has 2 aliphatic rings. The van der Waals surface area contributed by atoms with Gasteiger partial charge in [0.1, 0.15) is 0 Å². The second-order valence-corrected chi connectivity index (χ2v) is 8.27. The number of aromatic nitrogens is 2. The van der Waals surface area contributed by atoms with Gasteiger partial charge in [0.2, 0.25) is 5.88 Å². The Morgan fingerprint density at radius 3 is 2.45 bits per heavy atom. The van der Waals surface area contributed by atoms with Crippen LogP contribution in [0.1, 0.15) is 18.5 Å². The van der Waals surface area contributed by atoms with Crippen molar-refractivity contribution in [3.8, 4) is 11.6 Å². The normalized spacial score (nSPS) is 21.6. The minimum atomic E-state index is 0. The number of rotatable bonds is 6. The van der Waals surface area contributed by atoms with E-state index in [4.69, 9.17) is 32.7 Å². The number of ether oxygens (including phenoxy) is 2. The Balaban J connectivity index is 0.00000150. The topological polar surface area (TPSA) is 39.5 Å². The van der Waals surface area contributed by atoms with Gasteiger partial charge in [-0.3, -0.25) is 4.90 Å². The van der Waals surface area contributed by atoms with E-state index in [1.165, 1.54) is 12.8 Å². The minimum absolute atomic E-state index is 0. The van der Waals surface area contributed by atoms with Gasteiger partial charge in [0.05, 0.1) is 35.6 Å². The summed E-state index contributed by atoms with van der Waals surface area (Å²) in [7, 11) is 0. The summed E-state index contributed by atoms with van der Waals surface area (Å²) in [4.78, 5) is 2.52. The van der Waals surface area contributed by atoms with Gasteiger partial charge in [-0.2, -0.15) is 27.0 Å². The molecule has 1 saturated heterocycles. The van der Waals surface area contributed by atoms with Crippen LogP contribution >= 0.6 is 50.2 Å². The van der Waals surface area contributed by atoms with Crippen LogP contribution in [0, 0.1) is 18.8 Å². The van der Waals surface area contributed by atoms with E-state index in [1.807, 2.05) is 29.8 Å². The van der Waals surface area contributed by atoms with Crippen LogP contribution < -0.4 is 4.74 Å². The van der Waals surface area contributed by atoms with Gasteiger partial charge in [-0.1, -0.05) is 23.2 Å². The number of morpholine rings is 1. The first-order valence-electron chi connectivity index (χ1n) is 9.55. The fourth-order valence-electron chi connectivity index (χ4n) is 3.80. The highest BCUT2D eigenvalue weighted by Crippen LogP contribution is 2.35. The summed E-state index contributed by atoms with van der Waals surface area (Å²) in [5.74, 6) is 2.00. The molecule has 4 rings (SSSR count). The van der Waals surface area contributed by atoms with Crippen LogP contribution in [-0.4, -0.2) is 54.1 Å². The van der Waals surface area contributed by atoms with Crippen LogP contribution in [0.15, 0.2) is 24.3 Å². The van der Waals surface area contributed by atoms with Crippen LogP contribution in [0.5, 0.6) is 5.88 Å². The molecule has 5 nitrogen and oxygen atoms in total. The fourth-order valence-corrected chi connectivity index (χ4v) is 4.09. The van der Waals surface area contributed by atoms with E-state index in [9.17, 15) is 0 Å². The van der Waals surface area contributed by atoms with Crippen molar-refractivity contribution in [1.29, 1.82) is 0 Å². The van der Waals surface area contributed by atoms with Crippen molar-refractivity contribution in [1.82, 2.24) is 14.7 Å². The molecule has 0 spiro atoms. The first-order chi connectivity index (χ1) is 13.1. The summed E-state index contributed by atoms with van der Waals surface area (Å²) in [6, 6.07) is 7.48. The van der Waals surface area contributed by atoms with E-state index in [2.05, 4.69) is 10.00 Å². The van der Waals surface area contributed by atoms with Crippen LogP contribution in [0.4, 0.5) is 0 Å². The average molecular weight is 479 g/mol. The molecule has 2 heterocycles. The van der Waals surface area contributed by atoms with Gasteiger partial charge in [-0.25, -0.2) is 4.68 Å². The molecular weight excluding hydrogens is 449 g/mol. The highest BCUT2D eigenvalue weighted by atomic mass is 35.5. The average Bonchev–Trinajstić information content (AvgIpc) is 3.03. The number of nitrogens with zero attached hydrogens (tertiary/aromatic N) is 3. The lowest BCUT2D eigenvalue weighted by atomic mass is 9.74. The van der Waals surface area contributed by atoms with E-state index in [0.29, 0.717) is 21.8 Å². The Labute approximate surface area is 196 Å². The van der Waals surface area contributed by atoms with Gasteiger partial charge in [-0.05, 0) is 49.8 Å². The number of benzene rings is 1. The van der Waals surface area contributed by atoms with Crippen molar-refractivity contribution in [2.45, 2.75) is 19.8 Å². The molecule has 0 N–H and O–H groups in total. The number of aryl methyl sites for hydroxylation is 1. The first kappa shape index (κ1) is 24.7. The molecule has 1 aromatic heterocycles. The molecule has 2 aromatic rings. The quantitative estimate of drug-likeness (QED) is 0.615. The van der Waals surface area contributed by atoms with Crippen molar-refractivity contribution in [3.05, 3.63) is 40.0 Å². The highest BCUT2D eigenvalue weighted by molar-refractivity contribution is 7.59. The monoisotopic (exact) mass is 477 g/mol. The van der Waals surface area contributed by atoms with Crippen LogP contribution in [0.3, 0.4) is 0 Å². The Kier molecular flexibility index (Phi) is 9.51. The van der Waals surface area contributed by atoms with Crippen LogP contribution in [0.2, 0.25) is 10.0 Å². The van der Waals surface area contributed by atoms with Crippen LogP contribution in [-0.2, 0) is 4.74 Å². The fraction of sp³-hybridized carbons (Fsp3) is 0.550. The van der Waals surface area contributed by atoms with Gasteiger partial charge >= 0.3 is 0 Å². The Bertz CT molecular complexity index is 800. The van der Waals surface area contributed by atoms with Crippen molar-refractivity contribution >= 4 is 50.2 Å². The molecule has 0 unspecified atom stereocenters. The van der Waals surface area contributed by atoms with Gasteiger partial charge in [0, 0.05) is 31.4 Å². The van der Waals surface area contributed by atoms with Gasteiger partial charge in [0.25, 0.3) is 0 Å². The minimum Gasteiger partial charge on any atom is -0.476 e. The van der Waals surface area contributed by atoms with E-state index >= 15 is 0 Å². The number of halogens is 2. The van der Waals surface area contributed by atoms with E-state index < -0.39 is 0 Å². The van der Waals surface area contributed by atoms with Gasteiger partial charge in [0.15, 0.2) is 0 Å². The van der Waals surface area contributed by atoms with Gasteiger partial charge in [-0.15, -0.1) is 5.10 Å². The highest BCUT2D eigenvalue weighted by Gasteiger charge is 2.33. The molecule has 0 radical (unpaired) electrons. The third-order valence-corrected chi connectivity index (χ3v) is 6.37. The van der Waals surface area contributed by atoms with E-state index in [1.54, 1.807) is 6.07 Å². The third kappa shape index (κ3) is 5.99. The lowest BCUT2D eigenvalue weighted by Crippen LogP contribution is -2.44. The predicted molar refractivity (Wildman–Crippen MR) is 128 cm³/mol. The summed E-state index contributed by atoms with van der Waals surface area (Å²) >= 11 is 12.1. The van der Waals surface area contributed by atoms with E-state index in [0.717, 1.165) is 56.8 Å². The zero-order chi connectivity index (χ0) is 18.8. The summed E-state index contributed by atoms with van der Waals surface area (Å²) in [5, 5.41) is 5.65. The predicted octanol–water partition coefficient (Wildman–Crippen LogP) is 4.45. The SMILES string of the molecule is Cc1cc(OC[C@H]2CC[C@@H]2CN2CCOCC2)nn1-c1ccc(Cl)c(Cl)c1.S.S. The maximum atomic E-state index is 6.13. The van der Waals surface area contributed by atoms with Crippen molar-refractivity contribution < 1.29 is 9.47 Å². The summed E-state index contributed by atoms with van der Waals surface area (Å²) in [5.41, 5.74) is 1.88. The molecule has 0 bridgehead atoms. The molecule has 2 fully saturated rings. The zero-order valence-electron chi connectivity index (χ0n) is 16.5. The Morgan fingerprint density at radius 1 is 1.07 bits per heavy atom. The largest absolute Gasteiger partial charge is 0.476 e. The van der Waals surface area contributed by atoms with Crippen molar-refractivity contribution in [2.75, 3.05) is 39.5 Å². The van der Waals surface area contributed by atoms with E-state index in [-0.39, 0.29) is 27.0 Å². The van der Waals surface area contributed by atoms with Crippen molar-refractivity contribution in [3.63, 3.8) is 0 Å². The standard InChI is InChI=1S/C20H25Cl2N3O2.2H2S/c1-14-10-20(23-25(14)17-4-5-18(21)19(22)11-17)27-13-16-3-2-15(16)12-24-6-8-26-9-7-24;;/h4-5,10-11,15-16H,2-3,6-9,12-13H2,1H3;2*1H2/t15-,16-;;/m1../s1. The molecule has 9 heteroatoms. The smallest absolute Gasteiger partial charge is 0.233 e. The number of hydrogen-bond acceptors (Lipinski definition) is 4. The maximum Gasteiger partial charge on any atom is 0.233 e. The van der Waals surface area contributed by atoms with Crippen molar-refractivity contribution in [2.24, 2.45) is 11.8 Å². The molecule has 1 saturated carbocycles. The second kappa shape index (κ2) is 11.2. The molecular formula is C20H29Cl2N3O2S2. The maximum absolute atomic E-state index is 6.13. The molecule has 1 aromatic carbocycles. The Morgan fingerprint density at radius 2 is 1.79 bits per heavy atom. The lowest BCUT2D eigenvalue weighted by molar-refractivity contribution is 0.00447. The molecule has 29 heavy (non-hydrogen) atoms. The molecule has 162 valence electrons. The molecule has 1 aliphatic carbocycles. The second-order valence-electron chi connectivity index (χ2n) is 7.46. The third-order valence-electron chi connectivity index (χ3n) is 5.63. The number of hydrogen-bond donors (Lipinski definition) is 0. The summed E-state index contributed by atoms with van der Waals surface area (Å²) in [6.07, 6.45) is 2.53. The molecule has 0 amide bonds. The molecule has 2 atom stereocenters.